The van der Waals surface area contributed by atoms with Gasteiger partial charge in [0.1, 0.15) is 30.1 Å². The highest BCUT2D eigenvalue weighted by atomic mass is 32.2. The van der Waals surface area contributed by atoms with Gasteiger partial charge in [-0.3, -0.25) is 33.8 Å². The fourth-order valence-corrected chi connectivity index (χ4v) is 9.20. The molecular formula is C46H57F5N8O9S. The molecule has 0 bridgehead atoms. The van der Waals surface area contributed by atoms with E-state index in [0.717, 1.165) is 61.9 Å². The largest absolute Gasteiger partial charge is 0.416 e. The molecule has 17 nitrogen and oxygen atoms in total. The molecular weight excluding hydrogens is 936 g/mol. The summed E-state index contributed by atoms with van der Waals surface area (Å²) in [5.41, 5.74) is -3.49. The van der Waals surface area contributed by atoms with Gasteiger partial charge >= 0.3 is 6.18 Å². The van der Waals surface area contributed by atoms with Gasteiger partial charge in [-0.25, -0.2) is 22.2 Å². The van der Waals surface area contributed by atoms with Crippen molar-refractivity contribution in [3.8, 4) is 11.1 Å². The van der Waals surface area contributed by atoms with Crippen LogP contribution in [0.3, 0.4) is 0 Å². The maximum absolute atomic E-state index is 15.0. The molecule has 5 unspecified atom stereocenters. The molecule has 0 spiro atoms. The number of hydrogen-bond acceptors (Lipinski definition) is 11. The first-order valence-corrected chi connectivity index (χ1v) is 23.8. The number of ketones is 1. The summed E-state index contributed by atoms with van der Waals surface area (Å²) in [6.45, 7) is 5.85. The van der Waals surface area contributed by atoms with Crippen LogP contribution in [0.15, 0.2) is 72.0 Å². The van der Waals surface area contributed by atoms with Crippen molar-refractivity contribution in [1.82, 2.24) is 41.3 Å². The van der Waals surface area contributed by atoms with Gasteiger partial charge in [-0.05, 0) is 66.0 Å². The van der Waals surface area contributed by atoms with Crippen molar-refractivity contribution >= 4 is 51.6 Å². The zero-order chi connectivity index (χ0) is 51.1. The number of Topliss-reactive ketones (excluding diaryl/α,β-unsaturated/α-hetero) is 1. The van der Waals surface area contributed by atoms with Gasteiger partial charge in [0.15, 0.2) is 5.66 Å². The first-order chi connectivity index (χ1) is 32.5. The minimum absolute atomic E-state index is 0.0392. The highest BCUT2D eigenvalue weighted by Crippen LogP contribution is 2.32. The van der Waals surface area contributed by atoms with E-state index in [0.29, 0.717) is 12.8 Å². The Morgan fingerprint density at radius 3 is 2.10 bits per heavy atom. The van der Waals surface area contributed by atoms with Gasteiger partial charge in [-0.2, -0.15) is 17.9 Å². The van der Waals surface area contributed by atoms with Crippen LogP contribution in [0.4, 0.5) is 22.0 Å². The van der Waals surface area contributed by atoms with Crippen molar-refractivity contribution < 1.29 is 63.9 Å². The molecule has 1 aliphatic rings. The second-order valence-electron chi connectivity index (χ2n) is 17.3. The Balaban J connectivity index is 1.76. The van der Waals surface area contributed by atoms with E-state index < -0.39 is 123 Å². The maximum atomic E-state index is 15.0. The molecule has 23 heteroatoms. The zero-order valence-electron chi connectivity index (χ0n) is 38.4. The molecule has 69 heavy (non-hydrogen) atoms. The lowest BCUT2D eigenvalue weighted by Crippen LogP contribution is -2.71. The molecule has 1 heterocycles. The van der Waals surface area contributed by atoms with Crippen molar-refractivity contribution in [2.45, 2.75) is 127 Å². The number of alkyl halides is 5. The number of hydrogen-bond donors (Lipinski definition) is 6. The van der Waals surface area contributed by atoms with Crippen LogP contribution >= 0.6 is 0 Å². The summed E-state index contributed by atoms with van der Waals surface area (Å²) in [7, 11) is -4.89. The summed E-state index contributed by atoms with van der Waals surface area (Å²) in [4.78, 5) is 101. The van der Waals surface area contributed by atoms with Crippen LogP contribution in [0.2, 0.25) is 0 Å². The van der Waals surface area contributed by atoms with E-state index in [2.05, 4.69) is 36.0 Å². The number of benzene rings is 2. The van der Waals surface area contributed by atoms with E-state index in [1.807, 2.05) is 5.32 Å². The fourth-order valence-electron chi connectivity index (χ4n) is 7.86. The number of carbonyl (C=O) groups excluding carboxylic acids is 7. The summed E-state index contributed by atoms with van der Waals surface area (Å²) < 4.78 is 98.7. The average Bonchev–Trinajstić information content (AvgIpc) is 3.31. The molecule has 3 aromatic rings. The van der Waals surface area contributed by atoms with Crippen LogP contribution in [-0.2, 0) is 45.0 Å². The maximum Gasteiger partial charge on any atom is 0.416 e. The Labute approximate surface area is 396 Å². The molecule has 376 valence electrons. The minimum atomic E-state index is -4.89. The van der Waals surface area contributed by atoms with Crippen molar-refractivity contribution in [3.63, 3.8) is 0 Å². The van der Waals surface area contributed by atoms with Crippen molar-refractivity contribution in [3.05, 3.63) is 78.4 Å². The first-order valence-electron chi connectivity index (χ1n) is 22.4. The molecule has 1 aromatic heterocycles. The average molecular weight is 993 g/mol. The third kappa shape index (κ3) is 15.9. The zero-order valence-corrected chi connectivity index (χ0v) is 39.2. The van der Waals surface area contributed by atoms with Crippen LogP contribution < -0.4 is 31.3 Å². The number of aldehydes is 1. The lowest BCUT2D eigenvalue weighted by atomic mass is 9.84. The lowest BCUT2D eigenvalue weighted by molar-refractivity contribution is -0.141. The van der Waals surface area contributed by atoms with Crippen LogP contribution in [0.1, 0.15) is 102 Å². The Bertz CT molecular complexity index is 2390. The molecule has 5 atom stereocenters. The molecule has 1 saturated carbocycles. The third-order valence-electron chi connectivity index (χ3n) is 11.5. The van der Waals surface area contributed by atoms with Gasteiger partial charge < -0.3 is 31.4 Å². The van der Waals surface area contributed by atoms with E-state index in [9.17, 15) is 59.1 Å². The highest BCUT2D eigenvalue weighted by molar-refractivity contribution is 7.89. The van der Waals surface area contributed by atoms with E-state index in [4.69, 9.17) is 0 Å². The predicted octanol–water partition coefficient (Wildman–Crippen LogP) is 4.62. The molecule has 0 saturated heterocycles. The molecule has 2 aromatic carbocycles. The van der Waals surface area contributed by atoms with Crippen molar-refractivity contribution in [1.29, 1.82) is 0 Å². The Morgan fingerprint density at radius 1 is 0.855 bits per heavy atom. The summed E-state index contributed by atoms with van der Waals surface area (Å²) in [5.74, 6) is -8.77. The quantitative estimate of drug-likeness (QED) is 0.0313. The standard InChI is InChI=1S/C46H57F5N8O9S/c1-5-28(4)38(42(64)56-35(22-29-10-7-6-8-11-29)40(62)55-34(24-37(47)48)39(61)43(65)54-20-21-60)57-44(66)45(25-27(2)3,58-41(63)36-26-52-18-19-53-36)59-69(67,68)33-13-9-12-31(23-33)30-14-16-32(17-15-30)46(49,50)51/h9,12-19,21,23,26-29,34-35,37-38,59H,5-8,10-11,20,22,24-25H2,1-4H3,(H,54,65)(H,55,62)(H,56,64)(H,57,66)(H,58,63). The van der Waals surface area contributed by atoms with Crippen molar-refractivity contribution in [2.75, 3.05) is 6.54 Å². The Morgan fingerprint density at radius 2 is 1.52 bits per heavy atom. The monoisotopic (exact) mass is 992 g/mol. The molecule has 1 aliphatic carbocycles. The lowest BCUT2D eigenvalue weighted by Gasteiger charge is -2.37. The first kappa shape index (κ1) is 55.4. The second-order valence-corrected chi connectivity index (χ2v) is 19.0. The van der Waals surface area contributed by atoms with Gasteiger partial charge in [0.05, 0.1) is 23.2 Å². The topological polar surface area (TPSA) is 252 Å². The van der Waals surface area contributed by atoms with Crippen LogP contribution in [0.25, 0.3) is 11.1 Å². The number of carbonyl (C=O) groups is 7. The fraction of sp³-hybridized carbons (Fsp3) is 0.500. The van der Waals surface area contributed by atoms with Crippen molar-refractivity contribution in [2.24, 2.45) is 17.8 Å². The van der Waals surface area contributed by atoms with Gasteiger partial charge in [-0.1, -0.05) is 90.5 Å². The number of nitrogens with zero attached hydrogens (tertiary/aromatic N) is 2. The van der Waals surface area contributed by atoms with Gasteiger partial charge in [0, 0.05) is 18.8 Å². The summed E-state index contributed by atoms with van der Waals surface area (Å²) in [6.07, 6.45) is -1.87. The molecule has 6 N–H and O–H groups in total. The number of aromatic nitrogens is 2. The Kier molecular flexibility index (Phi) is 20.0. The summed E-state index contributed by atoms with van der Waals surface area (Å²) >= 11 is 0. The van der Waals surface area contributed by atoms with Crippen LogP contribution in [0.5, 0.6) is 0 Å². The van der Waals surface area contributed by atoms with Crippen LogP contribution in [0, 0.1) is 17.8 Å². The summed E-state index contributed by atoms with van der Waals surface area (Å²) in [5, 5.41) is 11.8. The number of rotatable bonds is 24. The molecule has 5 amide bonds. The van der Waals surface area contributed by atoms with Gasteiger partial charge in [0.25, 0.3) is 17.7 Å². The number of amides is 5. The van der Waals surface area contributed by atoms with E-state index in [1.54, 1.807) is 27.7 Å². The minimum Gasteiger partial charge on any atom is -0.344 e. The molecule has 0 radical (unpaired) electrons. The molecule has 4 rings (SSSR count). The number of halogens is 5. The normalized spacial score (nSPS) is 16.0. The van der Waals surface area contributed by atoms with E-state index in [1.165, 1.54) is 24.5 Å². The van der Waals surface area contributed by atoms with Gasteiger partial charge in [0.2, 0.25) is 34.0 Å². The highest BCUT2D eigenvalue weighted by Gasteiger charge is 2.47. The third-order valence-corrected chi connectivity index (χ3v) is 13.0. The molecule has 1 fully saturated rings. The number of nitrogens with one attached hydrogen (secondary N) is 6. The van der Waals surface area contributed by atoms with E-state index in [-0.39, 0.29) is 41.9 Å². The molecule has 0 aliphatic heterocycles. The number of sulfonamides is 1. The Hall–Kier alpha value is -6.23. The summed E-state index contributed by atoms with van der Waals surface area (Å²) in [6, 6.07) is 3.89. The smallest absolute Gasteiger partial charge is 0.344 e. The second kappa shape index (κ2) is 24.9. The van der Waals surface area contributed by atoms with Crippen LogP contribution in [-0.4, -0.2) is 96.7 Å². The van der Waals surface area contributed by atoms with Gasteiger partial charge in [-0.15, -0.1) is 0 Å². The SMILES string of the molecule is CCC(C)C(NC(=O)C(CC(C)C)(NC(=O)c1cnccn1)NS(=O)(=O)c1cccc(-c2ccc(C(F)(F)F)cc2)c1)C(=O)NC(CC1CCCCC1)C(=O)NC(CC(F)F)C(=O)C(=O)NCC=O. The van der Waals surface area contributed by atoms with E-state index >= 15 is 4.79 Å². The predicted molar refractivity (Wildman–Crippen MR) is 240 cm³/mol.